The molecular formula is C12H11BrClNO. The van der Waals surface area contributed by atoms with Crippen molar-refractivity contribution in [3.63, 3.8) is 0 Å². The van der Waals surface area contributed by atoms with Gasteiger partial charge in [-0.1, -0.05) is 17.7 Å². The molecule has 1 N–H and O–H groups in total. The Kier molecular flexibility index (Phi) is 3.56. The quantitative estimate of drug-likeness (QED) is 0.895. The van der Waals surface area contributed by atoms with Gasteiger partial charge >= 0.3 is 0 Å². The zero-order chi connectivity index (χ0) is 11.5. The van der Waals surface area contributed by atoms with Crippen LogP contribution in [0.1, 0.15) is 11.3 Å². The maximum atomic E-state index is 5.94. The molecule has 16 heavy (non-hydrogen) atoms. The molecule has 1 heterocycles. The summed E-state index contributed by atoms with van der Waals surface area (Å²) >= 11 is 9.35. The Morgan fingerprint density at radius 2 is 2.19 bits per heavy atom. The van der Waals surface area contributed by atoms with Gasteiger partial charge in [0.05, 0.1) is 17.3 Å². The topological polar surface area (TPSA) is 25.2 Å². The molecule has 84 valence electrons. The van der Waals surface area contributed by atoms with E-state index in [1.807, 2.05) is 31.2 Å². The largest absolute Gasteiger partial charge is 0.466 e. The molecule has 0 bridgehead atoms. The predicted octanol–water partition coefficient (Wildman–Crippen LogP) is 4.62. The summed E-state index contributed by atoms with van der Waals surface area (Å²) in [5.74, 6) is 0.874. The summed E-state index contributed by atoms with van der Waals surface area (Å²) < 4.78 is 6.29. The van der Waals surface area contributed by atoms with E-state index in [0.29, 0.717) is 6.54 Å². The summed E-state index contributed by atoms with van der Waals surface area (Å²) in [5, 5.41) is 4.02. The van der Waals surface area contributed by atoms with Gasteiger partial charge in [-0.15, -0.1) is 0 Å². The lowest BCUT2D eigenvalue weighted by Crippen LogP contribution is -2.00. The molecule has 4 heteroatoms. The molecule has 0 aliphatic carbocycles. The predicted molar refractivity (Wildman–Crippen MR) is 69.9 cm³/mol. The van der Waals surface area contributed by atoms with Gasteiger partial charge in [-0.2, -0.15) is 0 Å². The first-order chi connectivity index (χ1) is 7.66. The Balaban J connectivity index is 2.10. The van der Waals surface area contributed by atoms with Crippen molar-refractivity contribution in [2.24, 2.45) is 0 Å². The van der Waals surface area contributed by atoms with Crippen LogP contribution in [0.2, 0.25) is 5.02 Å². The number of anilines is 1. The van der Waals surface area contributed by atoms with Gasteiger partial charge in [-0.25, -0.2) is 0 Å². The third-order valence-electron chi connectivity index (χ3n) is 2.33. The zero-order valence-corrected chi connectivity index (χ0v) is 11.1. The van der Waals surface area contributed by atoms with Gasteiger partial charge in [0.1, 0.15) is 5.76 Å². The van der Waals surface area contributed by atoms with E-state index in [9.17, 15) is 0 Å². The summed E-state index contributed by atoms with van der Waals surface area (Å²) in [7, 11) is 0. The van der Waals surface area contributed by atoms with Crippen molar-refractivity contribution < 1.29 is 4.42 Å². The van der Waals surface area contributed by atoms with Crippen LogP contribution in [0.25, 0.3) is 0 Å². The number of aryl methyl sites for hydroxylation is 1. The van der Waals surface area contributed by atoms with Gasteiger partial charge in [0.2, 0.25) is 0 Å². The van der Waals surface area contributed by atoms with E-state index in [4.69, 9.17) is 16.0 Å². The van der Waals surface area contributed by atoms with Gasteiger partial charge in [0.15, 0.2) is 0 Å². The van der Waals surface area contributed by atoms with E-state index in [-0.39, 0.29) is 0 Å². The van der Waals surface area contributed by atoms with E-state index < -0.39 is 0 Å². The van der Waals surface area contributed by atoms with Crippen molar-refractivity contribution in [1.29, 1.82) is 0 Å². The molecule has 0 unspecified atom stereocenters. The molecule has 1 aromatic carbocycles. The summed E-state index contributed by atoms with van der Waals surface area (Å²) in [6, 6.07) is 7.66. The molecule has 2 aromatic rings. The first-order valence-electron chi connectivity index (χ1n) is 4.88. The third kappa shape index (κ3) is 2.60. The molecule has 2 rings (SSSR count). The van der Waals surface area contributed by atoms with E-state index in [1.54, 1.807) is 6.26 Å². The Morgan fingerprint density at radius 1 is 1.38 bits per heavy atom. The summed E-state index contributed by atoms with van der Waals surface area (Å²) in [6.45, 7) is 2.67. The lowest BCUT2D eigenvalue weighted by Gasteiger charge is -2.08. The van der Waals surface area contributed by atoms with Crippen LogP contribution in [0, 0.1) is 6.92 Å². The van der Waals surface area contributed by atoms with Crippen LogP contribution >= 0.6 is 27.5 Å². The van der Waals surface area contributed by atoms with Crippen molar-refractivity contribution >= 4 is 33.2 Å². The van der Waals surface area contributed by atoms with Crippen LogP contribution in [0.3, 0.4) is 0 Å². The van der Waals surface area contributed by atoms with Crippen molar-refractivity contribution in [3.05, 3.63) is 51.3 Å². The number of furan rings is 1. The molecule has 0 saturated heterocycles. The van der Waals surface area contributed by atoms with E-state index in [0.717, 1.165) is 26.5 Å². The van der Waals surface area contributed by atoms with Crippen LogP contribution < -0.4 is 5.32 Å². The molecule has 0 aliphatic heterocycles. The maximum absolute atomic E-state index is 5.94. The fourth-order valence-corrected chi connectivity index (χ4v) is 1.93. The van der Waals surface area contributed by atoms with Gasteiger partial charge in [-0.3, -0.25) is 0 Å². The Bertz CT molecular complexity index is 496. The first-order valence-corrected chi connectivity index (χ1v) is 6.06. The Labute approximate surface area is 108 Å². The zero-order valence-electron chi connectivity index (χ0n) is 8.76. The second-order valence-corrected chi connectivity index (χ2v) is 4.80. The molecule has 1 aromatic heterocycles. The Morgan fingerprint density at radius 3 is 2.88 bits per heavy atom. The number of rotatable bonds is 3. The molecule has 0 atom stereocenters. The Hall–Kier alpha value is -0.930. The van der Waals surface area contributed by atoms with Gasteiger partial charge in [0.25, 0.3) is 0 Å². The summed E-state index contributed by atoms with van der Waals surface area (Å²) in [6.07, 6.45) is 1.66. The van der Waals surface area contributed by atoms with Crippen molar-refractivity contribution in [1.82, 2.24) is 0 Å². The first kappa shape index (κ1) is 11.6. The van der Waals surface area contributed by atoms with Crippen LogP contribution in [-0.2, 0) is 6.54 Å². The minimum Gasteiger partial charge on any atom is -0.466 e. The molecule has 2 nitrogen and oxygen atoms in total. The molecular weight excluding hydrogens is 289 g/mol. The average Bonchev–Trinajstić information content (AvgIpc) is 2.66. The number of hydrogen-bond donors (Lipinski definition) is 1. The molecule has 0 fully saturated rings. The number of hydrogen-bond acceptors (Lipinski definition) is 2. The van der Waals surface area contributed by atoms with Crippen LogP contribution in [-0.4, -0.2) is 0 Å². The highest BCUT2D eigenvalue weighted by Crippen LogP contribution is 2.23. The summed E-state index contributed by atoms with van der Waals surface area (Å²) in [4.78, 5) is 0. The van der Waals surface area contributed by atoms with E-state index in [2.05, 4.69) is 21.2 Å². The second kappa shape index (κ2) is 4.93. The van der Waals surface area contributed by atoms with Gasteiger partial charge in [0, 0.05) is 10.7 Å². The minimum atomic E-state index is 0.634. The maximum Gasteiger partial charge on any atom is 0.136 e. The molecule has 0 amide bonds. The highest BCUT2D eigenvalue weighted by atomic mass is 79.9. The average molecular weight is 301 g/mol. The monoisotopic (exact) mass is 299 g/mol. The van der Waals surface area contributed by atoms with Crippen LogP contribution in [0.4, 0.5) is 5.69 Å². The number of benzene rings is 1. The fourth-order valence-electron chi connectivity index (χ4n) is 1.41. The second-order valence-electron chi connectivity index (χ2n) is 3.50. The normalized spacial score (nSPS) is 10.4. The van der Waals surface area contributed by atoms with Crippen LogP contribution in [0.15, 0.2) is 39.4 Å². The third-order valence-corrected chi connectivity index (χ3v) is 3.27. The number of halogens is 2. The van der Waals surface area contributed by atoms with E-state index in [1.165, 1.54) is 0 Å². The highest BCUT2D eigenvalue weighted by Gasteiger charge is 2.04. The van der Waals surface area contributed by atoms with Gasteiger partial charge in [-0.05, 0) is 46.6 Å². The fraction of sp³-hybridized carbons (Fsp3) is 0.167. The van der Waals surface area contributed by atoms with E-state index >= 15 is 0 Å². The summed E-state index contributed by atoms with van der Waals surface area (Å²) in [5.41, 5.74) is 2.18. The van der Waals surface area contributed by atoms with Gasteiger partial charge < -0.3 is 9.73 Å². The number of nitrogens with one attached hydrogen (secondary N) is 1. The molecule has 0 aliphatic rings. The minimum absolute atomic E-state index is 0.634. The standard InChI is InChI=1S/C12H11BrClNO/c1-8-2-3-9(14)6-11(8)15-7-12-10(13)4-5-16-12/h2-6,15H,7H2,1H3. The SMILES string of the molecule is Cc1ccc(Cl)cc1NCc1occc1Br. The smallest absolute Gasteiger partial charge is 0.136 e. The lowest BCUT2D eigenvalue weighted by atomic mass is 10.2. The highest BCUT2D eigenvalue weighted by molar-refractivity contribution is 9.10. The van der Waals surface area contributed by atoms with Crippen molar-refractivity contribution in [2.45, 2.75) is 13.5 Å². The van der Waals surface area contributed by atoms with Crippen molar-refractivity contribution in [3.8, 4) is 0 Å². The lowest BCUT2D eigenvalue weighted by molar-refractivity contribution is 0.516. The molecule has 0 radical (unpaired) electrons. The van der Waals surface area contributed by atoms with Crippen molar-refractivity contribution in [2.75, 3.05) is 5.32 Å². The molecule has 0 spiro atoms. The van der Waals surface area contributed by atoms with Crippen LogP contribution in [0.5, 0.6) is 0 Å². The molecule has 0 saturated carbocycles.